The van der Waals surface area contributed by atoms with Crippen LogP contribution in [0.1, 0.15) is 16.7 Å². The Labute approximate surface area is 133 Å². The zero-order chi connectivity index (χ0) is 16.0. The molecule has 0 N–H and O–H groups in total. The fourth-order valence-electron chi connectivity index (χ4n) is 3.08. The van der Waals surface area contributed by atoms with Gasteiger partial charge in [0.1, 0.15) is 11.3 Å². The van der Waals surface area contributed by atoms with Gasteiger partial charge >= 0.3 is 5.63 Å². The molecule has 0 spiro atoms. The molecule has 4 nitrogen and oxygen atoms in total. The number of ether oxygens (including phenoxy) is 1. The number of aryl methyl sites for hydroxylation is 2. The van der Waals surface area contributed by atoms with Gasteiger partial charge in [0.05, 0.1) is 12.1 Å². The third-order valence-electron chi connectivity index (χ3n) is 4.27. The highest BCUT2D eigenvalue weighted by Crippen LogP contribution is 2.34. The topological polar surface area (TPSA) is 42.7 Å². The molecule has 0 atom stereocenters. The van der Waals surface area contributed by atoms with Gasteiger partial charge in [-0.3, -0.25) is 0 Å². The molecule has 1 aliphatic heterocycles. The molecule has 1 aromatic heterocycles. The smallest absolute Gasteiger partial charge is 0.336 e. The molecule has 3 aromatic rings. The van der Waals surface area contributed by atoms with Gasteiger partial charge in [0.2, 0.25) is 0 Å². The van der Waals surface area contributed by atoms with Gasteiger partial charge < -0.3 is 14.1 Å². The number of fused-ring (bicyclic) bond motifs is 3. The lowest BCUT2D eigenvalue weighted by atomic mass is 10.0. The highest BCUT2D eigenvalue weighted by Gasteiger charge is 2.22. The van der Waals surface area contributed by atoms with Crippen molar-refractivity contribution in [2.24, 2.45) is 0 Å². The van der Waals surface area contributed by atoms with Crippen LogP contribution in [0, 0.1) is 13.8 Å². The van der Waals surface area contributed by atoms with Crippen molar-refractivity contribution in [1.82, 2.24) is 0 Å². The van der Waals surface area contributed by atoms with Crippen molar-refractivity contribution >= 4 is 16.7 Å². The fraction of sp³-hybridized carbons (Fsp3) is 0.211. The van der Waals surface area contributed by atoms with Gasteiger partial charge in [-0.15, -0.1) is 0 Å². The summed E-state index contributed by atoms with van der Waals surface area (Å²) in [6, 6.07) is 13.7. The minimum absolute atomic E-state index is 0.323. The van der Waals surface area contributed by atoms with Crippen LogP contribution in [0.25, 0.3) is 11.0 Å². The molecule has 4 rings (SSSR count). The molecule has 0 aliphatic carbocycles. The third kappa shape index (κ3) is 2.36. The van der Waals surface area contributed by atoms with E-state index < -0.39 is 0 Å². The van der Waals surface area contributed by atoms with E-state index >= 15 is 0 Å². The number of hydrogen-bond donors (Lipinski definition) is 0. The Morgan fingerprint density at radius 3 is 2.78 bits per heavy atom. The van der Waals surface area contributed by atoms with Gasteiger partial charge in [0.25, 0.3) is 0 Å². The summed E-state index contributed by atoms with van der Waals surface area (Å²) in [7, 11) is 0. The van der Waals surface area contributed by atoms with Crippen molar-refractivity contribution < 1.29 is 9.15 Å². The molecule has 4 heteroatoms. The molecule has 23 heavy (non-hydrogen) atoms. The summed E-state index contributed by atoms with van der Waals surface area (Å²) in [5, 5.41) is 0.957. The molecule has 2 heterocycles. The lowest BCUT2D eigenvalue weighted by molar-refractivity contribution is 0.289. The monoisotopic (exact) mass is 307 g/mol. The molecule has 0 fully saturated rings. The molecule has 1 aliphatic rings. The average molecular weight is 307 g/mol. The maximum absolute atomic E-state index is 11.8. The van der Waals surface area contributed by atoms with Crippen molar-refractivity contribution in [3.05, 3.63) is 69.6 Å². The first kappa shape index (κ1) is 13.9. The van der Waals surface area contributed by atoms with Gasteiger partial charge in [-0.2, -0.15) is 0 Å². The third-order valence-corrected chi connectivity index (χ3v) is 4.27. The van der Waals surface area contributed by atoms with Crippen LogP contribution >= 0.6 is 0 Å². The zero-order valence-electron chi connectivity index (χ0n) is 13.1. The van der Waals surface area contributed by atoms with Crippen molar-refractivity contribution in [1.29, 1.82) is 0 Å². The second-order valence-corrected chi connectivity index (χ2v) is 5.98. The van der Waals surface area contributed by atoms with E-state index in [1.54, 1.807) is 0 Å². The average Bonchev–Trinajstić information content (AvgIpc) is 2.54. The highest BCUT2D eigenvalue weighted by atomic mass is 16.5. The van der Waals surface area contributed by atoms with E-state index in [1.807, 2.05) is 25.1 Å². The van der Waals surface area contributed by atoms with Crippen LogP contribution in [0.2, 0.25) is 0 Å². The van der Waals surface area contributed by atoms with Crippen LogP contribution in [0.3, 0.4) is 0 Å². The molecular formula is C19H17NO3. The molecule has 2 aromatic carbocycles. The van der Waals surface area contributed by atoms with E-state index in [2.05, 4.69) is 30.0 Å². The van der Waals surface area contributed by atoms with Gasteiger partial charge in [-0.05, 0) is 49.2 Å². The maximum atomic E-state index is 11.8. The summed E-state index contributed by atoms with van der Waals surface area (Å²) in [4.78, 5) is 13.9. The van der Waals surface area contributed by atoms with E-state index in [-0.39, 0.29) is 5.63 Å². The summed E-state index contributed by atoms with van der Waals surface area (Å²) >= 11 is 0. The van der Waals surface area contributed by atoms with Gasteiger partial charge in [-0.25, -0.2) is 4.79 Å². The molecule has 0 saturated carbocycles. The first-order chi connectivity index (χ1) is 11.1. The molecule has 0 radical (unpaired) electrons. The normalized spacial score (nSPS) is 13.7. The standard InChI is InChI=1S/C19H17NO3/c1-12-4-3-5-14(8-12)20-10-16-17(22-11-20)7-6-15-13(2)9-18(21)23-19(15)16/h3-9H,10-11H2,1-2H3. The summed E-state index contributed by atoms with van der Waals surface area (Å²) in [5.74, 6) is 0.787. The lowest BCUT2D eigenvalue weighted by Crippen LogP contribution is -2.32. The van der Waals surface area contributed by atoms with Gasteiger partial charge in [0.15, 0.2) is 6.73 Å². The highest BCUT2D eigenvalue weighted by molar-refractivity contribution is 5.85. The number of anilines is 1. The van der Waals surface area contributed by atoms with Crippen molar-refractivity contribution in [3.63, 3.8) is 0 Å². The largest absolute Gasteiger partial charge is 0.473 e. The summed E-state index contributed by atoms with van der Waals surface area (Å²) in [6.45, 7) is 5.13. The minimum atomic E-state index is -0.323. The van der Waals surface area contributed by atoms with Gasteiger partial charge in [0, 0.05) is 17.1 Å². The van der Waals surface area contributed by atoms with E-state index in [1.165, 1.54) is 11.6 Å². The first-order valence-corrected chi connectivity index (χ1v) is 7.62. The second kappa shape index (κ2) is 5.16. The van der Waals surface area contributed by atoms with Crippen LogP contribution in [0.15, 0.2) is 51.7 Å². The van der Waals surface area contributed by atoms with Crippen LogP contribution in [-0.2, 0) is 6.54 Å². The summed E-state index contributed by atoms with van der Waals surface area (Å²) in [6.07, 6.45) is 0. The zero-order valence-corrected chi connectivity index (χ0v) is 13.1. The Kier molecular flexibility index (Phi) is 3.11. The van der Waals surface area contributed by atoms with Crippen molar-refractivity contribution in [3.8, 4) is 5.75 Å². The van der Waals surface area contributed by atoms with Crippen LogP contribution < -0.4 is 15.3 Å². The molecule has 0 saturated heterocycles. The maximum Gasteiger partial charge on any atom is 0.336 e. The Morgan fingerprint density at radius 1 is 1.09 bits per heavy atom. The van der Waals surface area contributed by atoms with Crippen LogP contribution in [0.5, 0.6) is 5.75 Å². The van der Waals surface area contributed by atoms with Crippen LogP contribution in [0.4, 0.5) is 5.69 Å². The fourth-order valence-corrected chi connectivity index (χ4v) is 3.08. The number of rotatable bonds is 1. The van der Waals surface area contributed by atoms with Crippen molar-refractivity contribution in [2.45, 2.75) is 20.4 Å². The second-order valence-electron chi connectivity index (χ2n) is 5.98. The van der Waals surface area contributed by atoms with Gasteiger partial charge in [-0.1, -0.05) is 12.1 Å². The Hall–Kier alpha value is -2.75. The Balaban J connectivity index is 1.84. The number of hydrogen-bond acceptors (Lipinski definition) is 4. The summed E-state index contributed by atoms with van der Waals surface area (Å²) in [5.41, 5.74) is 4.46. The number of benzene rings is 2. The van der Waals surface area contributed by atoms with Crippen LogP contribution in [-0.4, -0.2) is 6.73 Å². The molecule has 0 unspecified atom stereocenters. The van der Waals surface area contributed by atoms with Crippen molar-refractivity contribution in [2.75, 3.05) is 11.6 Å². The SMILES string of the molecule is Cc1cccc(N2COc3ccc4c(C)cc(=O)oc4c3C2)c1. The van der Waals surface area contributed by atoms with E-state index in [0.29, 0.717) is 18.9 Å². The molecule has 0 amide bonds. The Bertz CT molecular complexity index is 958. The predicted octanol–water partition coefficient (Wildman–Crippen LogP) is 3.77. The summed E-state index contributed by atoms with van der Waals surface area (Å²) < 4.78 is 11.4. The molecule has 116 valence electrons. The number of nitrogens with zero attached hydrogens (tertiary/aromatic N) is 1. The quantitative estimate of drug-likeness (QED) is 0.642. The lowest BCUT2D eigenvalue weighted by Gasteiger charge is -2.31. The molecular weight excluding hydrogens is 290 g/mol. The minimum Gasteiger partial charge on any atom is -0.473 e. The van der Waals surface area contributed by atoms with E-state index in [9.17, 15) is 4.79 Å². The predicted molar refractivity (Wildman–Crippen MR) is 90.1 cm³/mol. The van der Waals surface area contributed by atoms with E-state index in [0.717, 1.165) is 28.0 Å². The molecule has 0 bridgehead atoms. The Morgan fingerprint density at radius 2 is 1.96 bits per heavy atom. The first-order valence-electron chi connectivity index (χ1n) is 7.62. The van der Waals surface area contributed by atoms with E-state index in [4.69, 9.17) is 9.15 Å².